The molecule has 0 spiro atoms. The van der Waals surface area contributed by atoms with Crippen LogP contribution >= 0.6 is 0 Å². The Morgan fingerprint density at radius 1 is 1.32 bits per heavy atom. The second-order valence-corrected chi connectivity index (χ2v) is 4.82. The van der Waals surface area contributed by atoms with Crippen molar-refractivity contribution in [2.45, 2.75) is 13.0 Å². The van der Waals surface area contributed by atoms with Gasteiger partial charge in [0, 0.05) is 19.7 Å². The van der Waals surface area contributed by atoms with Gasteiger partial charge in [-0.2, -0.15) is 15.0 Å². The smallest absolute Gasteiger partial charge is 0.0969 e. The molecule has 1 unspecified atom stereocenters. The van der Waals surface area contributed by atoms with E-state index in [-0.39, 0.29) is 0 Å². The van der Waals surface area contributed by atoms with Crippen molar-refractivity contribution in [3.05, 3.63) is 42.2 Å². The van der Waals surface area contributed by atoms with Gasteiger partial charge in [0.2, 0.25) is 0 Å². The SMILES string of the molecule is c1ccc(-n2ncc(CNCC3CCOC3)n2)cc1. The van der Waals surface area contributed by atoms with Crippen LogP contribution in [0.2, 0.25) is 0 Å². The first-order valence-corrected chi connectivity index (χ1v) is 6.67. The highest BCUT2D eigenvalue weighted by Gasteiger charge is 2.14. The van der Waals surface area contributed by atoms with Gasteiger partial charge in [-0.15, -0.1) is 0 Å². The molecule has 0 bridgehead atoms. The van der Waals surface area contributed by atoms with Crippen LogP contribution in [0, 0.1) is 5.92 Å². The van der Waals surface area contributed by atoms with Crippen molar-refractivity contribution >= 4 is 0 Å². The summed E-state index contributed by atoms with van der Waals surface area (Å²) in [5.41, 5.74) is 1.95. The summed E-state index contributed by atoms with van der Waals surface area (Å²) in [6.45, 7) is 3.52. The summed E-state index contributed by atoms with van der Waals surface area (Å²) in [5, 5.41) is 12.1. The first-order valence-electron chi connectivity index (χ1n) is 6.67. The largest absolute Gasteiger partial charge is 0.381 e. The van der Waals surface area contributed by atoms with E-state index in [2.05, 4.69) is 15.5 Å². The van der Waals surface area contributed by atoms with Crippen molar-refractivity contribution in [2.75, 3.05) is 19.8 Å². The number of para-hydroxylation sites is 1. The summed E-state index contributed by atoms with van der Waals surface area (Å²) in [6.07, 6.45) is 2.97. The third kappa shape index (κ3) is 3.19. The summed E-state index contributed by atoms with van der Waals surface area (Å²) in [5.74, 6) is 0.643. The van der Waals surface area contributed by atoms with E-state index in [0.29, 0.717) is 5.92 Å². The van der Waals surface area contributed by atoms with E-state index in [4.69, 9.17) is 4.74 Å². The summed E-state index contributed by atoms with van der Waals surface area (Å²) in [6, 6.07) is 9.94. The number of nitrogens with zero attached hydrogens (tertiary/aromatic N) is 3. The average Bonchev–Trinajstić information content (AvgIpc) is 3.11. The molecule has 1 aliphatic rings. The molecule has 5 heteroatoms. The Morgan fingerprint density at radius 2 is 2.21 bits per heavy atom. The molecule has 3 rings (SSSR count). The number of ether oxygens (including phenoxy) is 1. The molecule has 1 aromatic carbocycles. The van der Waals surface area contributed by atoms with Gasteiger partial charge in [-0.25, -0.2) is 0 Å². The first-order chi connectivity index (χ1) is 9.42. The quantitative estimate of drug-likeness (QED) is 0.880. The van der Waals surface area contributed by atoms with Crippen LogP contribution in [-0.2, 0) is 11.3 Å². The van der Waals surface area contributed by atoms with Crippen molar-refractivity contribution in [3.8, 4) is 5.69 Å². The monoisotopic (exact) mass is 258 g/mol. The highest BCUT2D eigenvalue weighted by molar-refractivity contribution is 5.28. The molecule has 2 heterocycles. The van der Waals surface area contributed by atoms with Crippen LogP contribution in [-0.4, -0.2) is 34.8 Å². The van der Waals surface area contributed by atoms with Crippen molar-refractivity contribution in [2.24, 2.45) is 5.92 Å². The maximum atomic E-state index is 5.35. The zero-order valence-electron chi connectivity index (χ0n) is 10.8. The number of hydrogen-bond acceptors (Lipinski definition) is 4. The van der Waals surface area contributed by atoms with Gasteiger partial charge in [0.25, 0.3) is 0 Å². The fourth-order valence-electron chi connectivity index (χ4n) is 2.21. The molecule has 100 valence electrons. The fourth-order valence-corrected chi connectivity index (χ4v) is 2.21. The maximum absolute atomic E-state index is 5.35. The van der Waals surface area contributed by atoms with E-state index < -0.39 is 0 Å². The third-order valence-electron chi connectivity index (χ3n) is 3.29. The minimum Gasteiger partial charge on any atom is -0.381 e. The van der Waals surface area contributed by atoms with Crippen molar-refractivity contribution < 1.29 is 4.74 Å². The fraction of sp³-hybridized carbons (Fsp3) is 0.429. The molecule has 0 radical (unpaired) electrons. The lowest BCUT2D eigenvalue weighted by atomic mass is 10.1. The zero-order valence-corrected chi connectivity index (χ0v) is 10.8. The van der Waals surface area contributed by atoms with Gasteiger partial charge in [-0.3, -0.25) is 0 Å². The summed E-state index contributed by atoms with van der Waals surface area (Å²) < 4.78 is 5.35. The Morgan fingerprint density at radius 3 is 3.00 bits per heavy atom. The topological polar surface area (TPSA) is 52.0 Å². The molecule has 19 heavy (non-hydrogen) atoms. The molecule has 1 atom stereocenters. The molecule has 2 aromatic rings. The van der Waals surface area contributed by atoms with Gasteiger partial charge in [-0.1, -0.05) is 18.2 Å². The number of hydrogen-bond donors (Lipinski definition) is 1. The van der Waals surface area contributed by atoms with Crippen LogP contribution in [0.25, 0.3) is 5.69 Å². The summed E-state index contributed by atoms with van der Waals surface area (Å²) in [4.78, 5) is 1.66. The first kappa shape index (κ1) is 12.3. The molecular formula is C14H18N4O. The lowest BCUT2D eigenvalue weighted by molar-refractivity contribution is 0.185. The Hall–Kier alpha value is -1.72. The van der Waals surface area contributed by atoms with Gasteiger partial charge in [-0.05, 0) is 24.5 Å². The molecule has 1 aromatic heterocycles. The molecule has 1 aliphatic heterocycles. The molecular weight excluding hydrogens is 240 g/mol. The zero-order chi connectivity index (χ0) is 12.9. The lowest BCUT2D eigenvalue weighted by Gasteiger charge is -2.07. The predicted octanol–water partition coefficient (Wildman–Crippen LogP) is 1.39. The van der Waals surface area contributed by atoms with Gasteiger partial charge in [0.15, 0.2) is 0 Å². The van der Waals surface area contributed by atoms with Crippen molar-refractivity contribution in [3.63, 3.8) is 0 Å². The molecule has 5 nitrogen and oxygen atoms in total. The summed E-state index contributed by atoms with van der Waals surface area (Å²) in [7, 11) is 0. The van der Waals surface area contributed by atoms with Gasteiger partial charge >= 0.3 is 0 Å². The normalized spacial score (nSPS) is 18.8. The standard InChI is InChI=1S/C14H18N4O/c1-2-4-14(5-3-1)18-16-10-13(17-18)9-15-8-12-6-7-19-11-12/h1-5,10,12,15H,6-9,11H2. The molecule has 1 N–H and O–H groups in total. The summed E-state index contributed by atoms with van der Waals surface area (Å²) >= 11 is 0. The van der Waals surface area contributed by atoms with Crippen LogP contribution in [0.1, 0.15) is 12.1 Å². The van der Waals surface area contributed by atoms with E-state index >= 15 is 0 Å². The Bertz CT molecular complexity index is 505. The Kier molecular flexibility index (Phi) is 3.86. The molecule has 0 amide bonds. The van der Waals surface area contributed by atoms with Gasteiger partial charge in [0.1, 0.15) is 0 Å². The minimum absolute atomic E-state index is 0.643. The van der Waals surface area contributed by atoms with Crippen LogP contribution in [0.5, 0.6) is 0 Å². The number of rotatable bonds is 5. The van der Waals surface area contributed by atoms with E-state index in [1.807, 2.05) is 36.5 Å². The molecule has 1 fully saturated rings. The lowest BCUT2D eigenvalue weighted by Crippen LogP contribution is -2.22. The van der Waals surface area contributed by atoms with Crippen LogP contribution < -0.4 is 5.32 Å². The van der Waals surface area contributed by atoms with Gasteiger partial charge in [0.05, 0.1) is 24.2 Å². The average molecular weight is 258 g/mol. The predicted molar refractivity (Wildman–Crippen MR) is 72.0 cm³/mol. The second-order valence-electron chi connectivity index (χ2n) is 4.82. The van der Waals surface area contributed by atoms with Crippen molar-refractivity contribution in [1.29, 1.82) is 0 Å². The van der Waals surface area contributed by atoms with Gasteiger partial charge < -0.3 is 10.1 Å². The Balaban J connectivity index is 1.53. The number of aromatic nitrogens is 3. The molecule has 0 saturated carbocycles. The third-order valence-corrected chi connectivity index (χ3v) is 3.29. The highest BCUT2D eigenvalue weighted by atomic mass is 16.5. The van der Waals surface area contributed by atoms with E-state index in [1.54, 1.807) is 4.80 Å². The molecule has 0 aliphatic carbocycles. The molecule has 1 saturated heterocycles. The highest BCUT2D eigenvalue weighted by Crippen LogP contribution is 2.10. The van der Waals surface area contributed by atoms with Crippen molar-refractivity contribution in [1.82, 2.24) is 20.3 Å². The Labute approximate surface area is 112 Å². The second kappa shape index (κ2) is 5.95. The number of nitrogens with one attached hydrogen (secondary N) is 1. The number of benzene rings is 1. The van der Waals surface area contributed by atoms with E-state index in [1.165, 1.54) is 0 Å². The van der Waals surface area contributed by atoms with E-state index in [0.717, 1.165) is 44.1 Å². The van der Waals surface area contributed by atoms with Crippen LogP contribution in [0.3, 0.4) is 0 Å². The van der Waals surface area contributed by atoms with E-state index in [9.17, 15) is 0 Å². The van der Waals surface area contributed by atoms with Crippen LogP contribution in [0.15, 0.2) is 36.5 Å². The van der Waals surface area contributed by atoms with Crippen LogP contribution in [0.4, 0.5) is 0 Å². The minimum atomic E-state index is 0.643. The maximum Gasteiger partial charge on any atom is 0.0969 e.